The first-order valence-electron chi connectivity index (χ1n) is 7.06. The van der Waals surface area contributed by atoms with Crippen LogP contribution < -0.4 is 11.1 Å². The maximum atomic E-state index is 11.9. The van der Waals surface area contributed by atoms with E-state index >= 15 is 0 Å². The minimum absolute atomic E-state index is 0.000296. The van der Waals surface area contributed by atoms with Crippen molar-refractivity contribution < 1.29 is 9.90 Å². The molecule has 0 fully saturated rings. The van der Waals surface area contributed by atoms with E-state index in [-0.39, 0.29) is 12.5 Å². The Balaban J connectivity index is 2.43. The molecular weight excluding hydrogens is 254 g/mol. The lowest BCUT2D eigenvalue weighted by Crippen LogP contribution is -2.29. The van der Waals surface area contributed by atoms with Crippen molar-refractivity contribution in [2.45, 2.75) is 26.7 Å². The lowest BCUT2D eigenvalue weighted by molar-refractivity contribution is -0.116. The second-order valence-corrected chi connectivity index (χ2v) is 4.88. The Kier molecular flexibility index (Phi) is 7.04. The van der Waals surface area contributed by atoms with Gasteiger partial charge in [0.15, 0.2) is 0 Å². The van der Waals surface area contributed by atoms with Gasteiger partial charge in [0.05, 0.1) is 0 Å². The van der Waals surface area contributed by atoms with Crippen molar-refractivity contribution in [1.82, 2.24) is 4.90 Å². The zero-order valence-corrected chi connectivity index (χ0v) is 12.4. The van der Waals surface area contributed by atoms with E-state index in [9.17, 15) is 4.79 Å². The van der Waals surface area contributed by atoms with Crippen LogP contribution in [0.15, 0.2) is 18.2 Å². The minimum Gasteiger partial charge on any atom is -0.399 e. The summed E-state index contributed by atoms with van der Waals surface area (Å²) in [6.07, 6.45) is 1.19. The minimum atomic E-state index is 0.000296. The molecule has 112 valence electrons. The third kappa shape index (κ3) is 5.59. The largest absolute Gasteiger partial charge is 0.399 e. The van der Waals surface area contributed by atoms with Gasteiger partial charge >= 0.3 is 0 Å². The predicted octanol–water partition coefficient (Wildman–Crippen LogP) is 1.61. The highest BCUT2D eigenvalue weighted by Gasteiger charge is 2.08. The number of rotatable bonds is 8. The van der Waals surface area contributed by atoms with E-state index in [4.69, 9.17) is 10.8 Å². The van der Waals surface area contributed by atoms with E-state index in [0.29, 0.717) is 18.7 Å². The van der Waals surface area contributed by atoms with Crippen molar-refractivity contribution in [2.75, 3.05) is 37.3 Å². The molecule has 0 aliphatic carbocycles. The molecule has 0 aliphatic rings. The molecule has 1 aromatic rings. The number of aliphatic hydroxyl groups is 1. The highest BCUT2D eigenvalue weighted by atomic mass is 16.3. The molecule has 20 heavy (non-hydrogen) atoms. The first-order valence-corrected chi connectivity index (χ1v) is 7.06. The molecule has 0 aliphatic heterocycles. The quantitative estimate of drug-likeness (QED) is 0.632. The molecule has 0 bridgehead atoms. The lowest BCUT2D eigenvalue weighted by Gasteiger charge is -2.19. The van der Waals surface area contributed by atoms with Gasteiger partial charge < -0.3 is 21.1 Å². The molecule has 0 radical (unpaired) electrons. The van der Waals surface area contributed by atoms with E-state index in [2.05, 4.69) is 17.1 Å². The molecule has 4 N–H and O–H groups in total. The van der Waals surface area contributed by atoms with Gasteiger partial charge in [-0.15, -0.1) is 0 Å². The summed E-state index contributed by atoms with van der Waals surface area (Å²) in [6.45, 7) is 6.57. The Labute approximate surface area is 120 Å². The standard InChI is InChI=1S/C15H25N3O2/c1-3-18(8-4-10-19)9-7-15(20)17-14-6-5-13(16)11-12(14)2/h5-6,11,19H,3-4,7-10,16H2,1-2H3,(H,17,20). The van der Waals surface area contributed by atoms with E-state index in [1.807, 2.05) is 19.1 Å². The highest BCUT2D eigenvalue weighted by Crippen LogP contribution is 2.17. The molecule has 5 nitrogen and oxygen atoms in total. The SMILES string of the molecule is CCN(CCCO)CCC(=O)Nc1ccc(N)cc1C. The lowest BCUT2D eigenvalue weighted by atomic mass is 10.1. The molecule has 5 heteroatoms. The second-order valence-electron chi connectivity index (χ2n) is 4.88. The fraction of sp³-hybridized carbons (Fsp3) is 0.533. The van der Waals surface area contributed by atoms with Crippen molar-refractivity contribution in [1.29, 1.82) is 0 Å². The third-order valence-corrected chi connectivity index (χ3v) is 3.26. The number of anilines is 2. The van der Waals surface area contributed by atoms with Crippen LogP contribution in [0.2, 0.25) is 0 Å². The van der Waals surface area contributed by atoms with Crippen LogP contribution in [0.1, 0.15) is 25.3 Å². The predicted molar refractivity (Wildman–Crippen MR) is 82.7 cm³/mol. The van der Waals surface area contributed by atoms with Gasteiger partial charge in [0, 0.05) is 37.5 Å². The molecule has 0 heterocycles. The fourth-order valence-corrected chi connectivity index (χ4v) is 2.02. The molecule has 1 amide bonds. The zero-order chi connectivity index (χ0) is 15.0. The molecule has 0 saturated carbocycles. The number of nitrogens with zero attached hydrogens (tertiary/aromatic N) is 1. The number of hydrogen-bond acceptors (Lipinski definition) is 4. The molecule has 0 saturated heterocycles. The second kappa shape index (κ2) is 8.55. The molecule has 0 atom stereocenters. The Morgan fingerprint density at radius 3 is 2.75 bits per heavy atom. The molecular formula is C15H25N3O2. The Hall–Kier alpha value is -1.59. The van der Waals surface area contributed by atoms with Gasteiger partial charge in [-0.1, -0.05) is 6.92 Å². The summed E-state index contributed by atoms with van der Waals surface area (Å²) in [5, 5.41) is 11.7. The smallest absolute Gasteiger partial charge is 0.225 e. The van der Waals surface area contributed by atoms with Crippen LogP contribution in [-0.4, -0.2) is 42.2 Å². The molecule has 0 aromatic heterocycles. The number of aliphatic hydroxyl groups excluding tert-OH is 1. The summed E-state index contributed by atoms with van der Waals surface area (Å²) in [6, 6.07) is 5.45. The van der Waals surface area contributed by atoms with Crippen molar-refractivity contribution in [3.63, 3.8) is 0 Å². The van der Waals surface area contributed by atoms with Crippen molar-refractivity contribution >= 4 is 17.3 Å². The molecule has 1 aromatic carbocycles. The summed E-state index contributed by atoms with van der Waals surface area (Å²) in [5.74, 6) is 0.000296. The fourth-order valence-electron chi connectivity index (χ4n) is 2.02. The van der Waals surface area contributed by atoms with Crippen LogP contribution in [0, 0.1) is 6.92 Å². The van der Waals surface area contributed by atoms with Crippen LogP contribution in [0.4, 0.5) is 11.4 Å². The van der Waals surface area contributed by atoms with Crippen LogP contribution in [0.25, 0.3) is 0 Å². The van der Waals surface area contributed by atoms with Gasteiger partial charge in [-0.05, 0) is 43.7 Å². The number of benzene rings is 1. The number of nitrogen functional groups attached to an aromatic ring is 1. The number of nitrogens with one attached hydrogen (secondary N) is 1. The van der Waals surface area contributed by atoms with Gasteiger partial charge in [0.25, 0.3) is 0 Å². The number of carbonyl (C=O) groups is 1. The van der Waals surface area contributed by atoms with E-state index in [0.717, 1.165) is 30.8 Å². The maximum absolute atomic E-state index is 11.9. The Morgan fingerprint density at radius 2 is 2.15 bits per heavy atom. The van der Waals surface area contributed by atoms with Gasteiger partial charge in [-0.25, -0.2) is 0 Å². The molecule has 0 unspecified atom stereocenters. The number of nitrogens with two attached hydrogens (primary N) is 1. The van der Waals surface area contributed by atoms with Gasteiger partial charge in [0.2, 0.25) is 5.91 Å². The van der Waals surface area contributed by atoms with Crippen molar-refractivity contribution in [2.24, 2.45) is 0 Å². The molecule has 1 rings (SSSR count). The van der Waals surface area contributed by atoms with Crippen LogP contribution in [0.5, 0.6) is 0 Å². The maximum Gasteiger partial charge on any atom is 0.225 e. The number of amides is 1. The van der Waals surface area contributed by atoms with Crippen molar-refractivity contribution in [3.05, 3.63) is 23.8 Å². The summed E-state index contributed by atoms with van der Waals surface area (Å²) in [5.41, 5.74) is 8.15. The first kappa shape index (κ1) is 16.5. The van der Waals surface area contributed by atoms with Gasteiger partial charge in [-0.2, -0.15) is 0 Å². The van der Waals surface area contributed by atoms with E-state index in [1.54, 1.807) is 6.07 Å². The van der Waals surface area contributed by atoms with Crippen LogP contribution in [-0.2, 0) is 4.79 Å². The van der Waals surface area contributed by atoms with Crippen LogP contribution >= 0.6 is 0 Å². The zero-order valence-electron chi connectivity index (χ0n) is 12.4. The summed E-state index contributed by atoms with van der Waals surface area (Å²) < 4.78 is 0. The highest BCUT2D eigenvalue weighted by molar-refractivity contribution is 5.91. The third-order valence-electron chi connectivity index (χ3n) is 3.26. The average molecular weight is 279 g/mol. The normalized spacial score (nSPS) is 10.8. The number of hydrogen-bond donors (Lipinski definition) is 3. The Morgan fingerprint density at radius 1 is 1.40 bits per heavy atom. The first-order chi connectivity index (χ1) is 9.56. The number of carbonyl (C=O) groups excluding carboxylic acids is 1. The van der Waals surface area contributed by atoms with Crippen molar-refractivity contribution in [3.8, 4) is 0 Å². The van der Waals surface area contributed by atoms with E-state index in [1.165, 1.54) is 0 Å². The van der Waals surface area contributed by atoms with E-state index < -0.39 is 0 Å². The number of aryl methyl sites for hydroxylation is 1. The van der Waals surface area contributed by atoms with Gasteiger partial charge in [-0.3, -0.25) is 4.79 Å². The molecule has 0 spiro atoms. The Bertz CT molecular complexity index is 435. The topological polar surface area (TPSA) is 78.6 Å². The summed E-state index contributed by atoms with van der Waals surface area (Å²) >= 11 is 0. The average Bonchev–Trinajstić information content (AvgIpc) is 2.42. The van der Waals surface area contributed by atoms with Gasteiger partial charge in [0.1, 0.15) is 0 Å². The van der Waals surface area contributed by atoms with Crippen LogP contribution in [0.3, 0.4) is 0 Å². The monoisotopic (exact) mass is 279 g/mol. The summed E-state index contributed by atoms with van der Waals surface area (Å²) in [7, 11) is 0. The summed E-state index contributed by atoms with van der Waals surface area (Å²) in [4.78, 5) is 14.1.